The maximum atomic E-state index is 2.34. The van der Waals surface area contributed by atoms with Gasteiger partial charge in [-0.15, -0.1) is 0 Å². The average Bonchev–Trinajstić information content (AvgIpc) is 1.99. The monoisotopic (exact) mass is 154 g/mol. The second kappa shape index (κ2) is 7.84. The van der Waals surface area contributed by atoms with Crippen LogP contribution in [0.1, 0.15) is 52.9 Å². The number of hydrogen-bond acceptors (Lipinski definition) is 0. The van der Waals surface area contributed by atoms with Crippen molar-refractivity contribution in [2.45, 2.75) is 52.9 Å². The highest BCUT2D eigenvalue weighted by Crippen LogP contribution is 2.10. The molecule has 0 aromatic rings. The second-order valence-electron chi connectivity index (χ2n) is 3.39. The molecular formula is C11H22. The van der Waals surface area contributed by atoms with E-state index in [1.807, 2.05) is 0 Å². The molecule has 0 aromatic carbocycles. The molecule has 0 bridgehead atoms. The fourth-order valence-corrected chi connectivity index (χ4v) is 1.22. The van der Waals surface area contributed by atoms with Gasteiger partial charge in [0.15, 0.2) is 0 Å². The first-order valence-electron chi connectivity index (χ1n) is 4.96. The van der Waals surface area contributed by atoms with Gasteiger partial charge in [-0.3, -0.25) is 0 Å². The molecule has 1 unspecified atom stereocenters. The zero-order chi connectivity index (χ0) is 8.53. The maximum Gasteiger partial charge on any atom is -0.0325 e. The molecule has 0 aliphatic carbocycles. The van der Waals surface area contributed by atoms with E-state index in [9.17, 15) is 0 Å². The normalized spacial score (nSPS) is 14.1. The molecule has 66 valence electrons. The lowest BCUT2D eigenvalue weighted by Gasteiger charge is -2.04. The van der Waals surface area contributed by atoms with Gasteiger partial charge in [-0.1, -0.05) is 52.2 Å². The lowest BCUT2D eigenvalue weighted by Crippen LogP contribution is -1.90. The van der Waals surface area contributed by atoms with E-state index in [-0.39, 0.29) is 0 Å². The zero-order valence-electron chi connectivity index (χ0n) is 8.27. The Kier molecular flexibility index (Phi) is 7.66. The van der Waals surface area contributed by atoms with E-state index >= 15 is 0 Å². The van der Waals surface area contributed by atoms with Gasteiger partial charge < -0.3 is 0 Å². The third kappa shape index (κ3) is 7.64. The van der Waals surface area contributed by atoms with Crippen LogP contribution in [0.25, 0.3) is 0 Å². The summed E-state index contributed by atoms with van der Waals surface area (Å²) < 4.78 is 0. The van der Waals surface area contributed by atoms with E-state index in [0.717, 1.165) is 5.92 Å². The Hall–Kier alpha value is -0.260. The van der Waals surface area contributed by atoms with E-state index in [2.05, 4.69) is 32.9 Å². The molecule has 0 radical (unpaired) electrons. The number of rotatable bonds is 6. The van der Waals surface area contributed by atoms with Crippen molar-refractivity contribution in [2.24, 2.45) is 5.92 Å². The van der Waals surface area contributed by atoms with Crippen LogP contribution in [-0.2, 0) is 0 Å². The van der Waals surface area contributed by atoms with Gasteiger partial charge in [-0.2, -0.15) is 0 Å². The molecule has 0 N–H and O–H groups in total. The van der Waals surface area contributed by atoms with Crippen molar-refractivity contribution < 1.29 is 0 Å². The second-order valence-corrected chi connectivity index (χ2v) is 3.39. The lowest BCUT2D eigenvalue weighted by atomic mass is 10.0. The summed E-state index contributed by atoms with van der Waals surface area (Å²) in [5, 5.41) is 0. The third-order valence-electron chi connectivity index (χ3n) is 1.94. The van der Waals surface area contributed by atoms with Gasteiger partial charge in [0.2, 0.25) is 0 Å². The van der Waals surface area contributed by atoms with Crippen molar-refractivity contribution in [1.29, 1.82) is 0 Å². The van der Waals surface area contributed by atoms with E-state index in [4.69, 9.17) is 0 Å². The summed E-state index contributed by atoms with van der Waals surface area (Å²) in [4.78, 5) is 0. The fourth-order valence-electron chi connectivity index (χ4n) is 1.22. The van der Waals surface area contributed by atoms with Crippen LogP contribution in [-0.4, -0.2) is 0 Å². The van der Waals surface area contributed by atoms with Crippen LogP contribution in [0, 0.1) is 5.92 Å². The largest absolute Gasteiger partial charge is 0.0885 e. The predicted octanol–water partition coefficient (Wildman–Crippen LogP) is 4.17. The van der Waals surface area contributed by atoms with Crippen molar-refractivity contribution in [3.63, 3.8) is 0 Å². The third-order valence-corrected chi connectivity index (χ3v) is 1.94. The smallest absolute Gasteiger partial charge is 0.0325 e. The standard InChI is InChI=1S/C11H22/c1-4-6-7-8-10-11(3)9-5-2/h7-8,11H,4-6,9-10H2,1-3H3. The minimum absolute atomic E-state index is 0.883. The molecule has 0 aromatic heterocycles. The SMILES string of the molecule is CCCC=CCC(C)CCC. The minimum Gasteiger partial charge on any atom is -0.0885 e. The van der Waals surface area contributed by atoms with Gasteiger partial charge in [0.1, 0.15) is 0 Å². The first kappa shape index (κ1) is 10.7. The highest BCUT2D eigenvalue weighted by molar-refractivity contribution is 4.82. The summed E-state index contributed by atoms with van der Waals surface area (Å²) in [7, 11) is 0. The topological polar surface area (TPSA) is 0 Å². The Morgan fingerprint density at radius 2 is 1.82 bits per heavy atom. The molecule has 0 heteroatoms. The summed E-state index contributed by atoms with van der Waals surface area (Å²) in [5.74, 6) is 0.883. The van der Waals surface area contributed by atoms with Crippen LogP contribution in [0.2, 0.25) is 0 Å². The maximum absolute atomic E-state index is 2.34. The van der Waals surface area contributed by atoms with Crippen LogP contribution in [0.15, 0.2) is 12.2 Å². The zero-order valence-corrected chi connectivity index (χ0v) is 8.27. The van der Waals surface area contributed by atoms with Gasteiger partial charge in [-0.05, 0) is 18.8 Å². The molecule has 0 nitrogen and oxygen atoms in total. The summed E-state index contributed by atoms with van der Waals surface area (Å²) in [6.45, 7) is 6.81. The Balaban J connectivity index is 3.21. The Labute approximate surface area is 71.7 Å². The molecule has 0 saturated carbocycles. The molecule has 0 rings (SSSR count). The molecule has 0 heterocycles. The van der Waals surface area contributed by atoms with Crippen LogP contribution < -0.4 is 0 Å². The number of hydrogen-bond donors (Lipinski definition) is 0. The number of allylic oxidation sites excluding steroid dienone is 2. The Bertz CT molecular complexity index is 92.2. The lowest BCUT2D eigenvalue weighted by molar-refractivity contribution is 0.531. The summed E-state index contributed by atoms with van der Waals surface area (Å²) in [6, 6.07) is 0. The summed E-state index contributed by atoms with van der Waals surface area (Å²) in [6.07, 6.45) is 11.1. The Morgan fingerprint density at radius 3 is 2.36 bits per heavy atom. The van der Waals surface area contributed by atoms with E-state index in [0.29, 0.717) is 0 Å². The van der Waals surface area contributed by atoms with Gasteiger partial charge in [0.05, 0.1) is 0 Å². The fraction of sp³-hybridized carbons (Fsp3) is 0.818. The van der Waals surface area contributed by atoms with Crippen molar-refractivity contribution in [3.05, 3.63) is 12.2 Å². The molecule has 1 atom stereocenters. The van der Waals surface area contributed by atoms with Crippen LogP contribution in [0.5, 0.6) is 0 Å². The van der Waals surface area contributed by atoms with Crippen molar-refractivity contribution in [1.82, 2.24) is 0 Å². The molecule has 11 heavy (non-hydrogen) atoms. The van der Waals surface area contributed by atoms with Crippen LogP contribution >= 0.6 is 0 Å². The summed E-state index contributed by atoms with van der Waals surface area (Å²) in [5.41, 5.74) is 0. The highest BCUT2D eigenvalue weighted by atomic mass is 14.0. The van der Waals surface area contributed by atoms with Gasteiger partial charge >= 0.3 is 0 Å². The predicted molar refractivity (Wildman–Crippen MR) is 52.7 cm³/mol. The van der Waals surface area contributed by atoms with E-state index in [1.54, 1.807) is 0 Å². The van der Waals surface area contributed by atoms with E-state index < -0.39 is 0 Å². The van der Waals surface area contributed by atoms with Crippen molar-refractivity contribution in [2.75, 3.05) is 0 Å². The molecular weight excluding hydrogens is 132 g/mol. The van der Waals surface area contributed by atoms with Gasteiger partial charge in [0, 0.05) is 0 Å². The van der Waals surface area contributed by atoms with Crippen molar-refractivity contribution >= 4 is 0 Å². The molecule has 0 fully saturated rings. The first-order valence-corrected chi connectivity index (χ1v) is 4.96. The quantitative estimate of drug-likeness (QED) is 0.504. The van der Waals surface area contributed by atoms with E-state index in [1.165, 1.54) is 32.1 Å². The molecule has 0 aliphatic rings. The summed E-state index contributed by atoms with van der Waals surface area (Å²) >= 11 is 0. The first-order chi connectivity index (χ1) is 5.31. The molecule has 0 aliphatic heterocycles. The van der Waals surface area contributed by atoms with Crippen LogP contribution in [0.3, 0.4) is 0 Å². The average molecular weight is 154 g/mol. The number of unbranched alkanes of at least 4 members (excludes halogenated alkanes) is 1. The molecule has 0 spiro atoms. The Morgan fingerprint density at radius 1 is 1.09 bits per heavy atom. The molecule has 0 amide bonds. The van der Waals surface area contributed by atoms with Crippen molar-refractivity contribution in [3.8, 4) is 0 Å². The van der Waals surface area contributed by atoms with Crippen LogP contribution in [0.4, 0.5) is 0 Å². The molecule has 0 saturated heterocycles. The minimum atomic E-state index is 0.883. The van der Waals surface area contributed by atoms with Gasteiger partial charge in [0.25, 0.3) is 0 Å². The van der Waals surface area contributed by atoms with Gasteiger partial charge in [-0.25, -0.2) is 0 Å². The highest BCUT2D eigenvalue weighted by Gasteiger charge is 1.95.